The highest BCUT2D eigenvalue weighted by atomic mass is 79.9. The second-order valence-corrected chi connectivity index (χ2v) is 6.33. The molecule has 0 fully saturated rings. The molecule has 0 spiro atoms. The third kappa shape index (κ3) is 5.84. The quantitative estimate of drug-likeness (QED) is 0.601. The minimum absolute atomic E-state index is 0.284. The maximum Gasteiger partial charge on any atom is 0.120 e. The van der Waals surface area contributed by atoms with Crippen molar-refractivity contribution in [2.24, 2.45) is 0 Å². The second kappa shape index (κ2) is 9.41. The van der Waals surface area contributed by atoms with Gasteiger partial charge in [-0.1, -0.05) is 48.2 Å². The van der Waals surface area contributed by atoms with Crippen LogP contribution in [0.4, 0.5) is 0 Å². The molecule has 2 atom stereocenters. The smallest absolute Gasteiger partial charge is 0.120 e. The zero-order valence-corrected chi connectivity index (χ0v) is 14.8. The van der Waals surface area contributed by atoms with E-state index in [9.17, 15) is 0 Å². The average Bonchev–Trinajstić information content (AvgIpc) is 2.43. The van der Waals surface area contributed by atoms with Crippen molar-refractivity contribution < 1.29 is 4.74 Å². The normalized spacial score (nSPS) is 14.1. The van der Waals surface area contributed by atoms with E-state index in [0.29, 0.717) is 6.04 Å². The van der Waals surface area contributed by atoms with Crippen LogP contribution in [0.25, 0.3) is 0 Å². The summed E-state index contributed by atoms with van der Waals surface area (Å²) in [7, 11) is 1.97. The summed E-state index contributed by atoms with van der Waals surface area (Å²) in [6.07, 6.45) is 6.60. The van der Waals surface area contributed by atoms with Crippen LogP contribution in [0.3, 0.4) is 0 Å². The predicted octanol–water partition coefficient (Wildman–Crippen LogP) is 5.47. The molecule has 2 nitrogen and oxygen atoms in total. The van der Waals surface area contributed by atoms with Gasteiger partial charge in [-0.3, -0.25) is 0 Å². The summed E-state index contributed by atoms with van der Waals surface area (Å²) >= 11 is 3.63. The molecule has 20 heavy (non-hydrogen) atoms. The molecule has 0 aromatic heterocycles. The molecule has 0 aliphatic heterocycles. The van der Waals surface area contributed by atoms with Crippen molar-refractivity contribution >= 4 is 15.9 Å². The number of benzene rings is 1. The average molecular weight is 342 g/mol. The van der Waals surface area contributed by atoms with E-state index in [2.05, 4.69) is 60.2 Å². The third-order valence-electron chi connectivity index (χ3n) is 3.67. The Hall–Kier alpha value is -0.540. The van der Waals surface area contributed by atoms with E-state index >= 15 is 0 Å². The molecule has 1 aromatic rings. The highest BCUT2D eigenvalue weighted by Crippen LogP contribution is 2.28. The van der Waals surface area contributed by atoms with Crippen molar-refractivity contribution in [3.63, 3.8) is 0 Å². The van der Waals surface area contributed by atoms with Crippen LogP contribution in [0.2, 0.25) is 0 Å². The highest BCUT2D eigenvalue weighted by molar-refractivity contribution is 9.10. The standard InChI is InChI=1S/C17H28BrNO/c1-5-6-7-8-9-13(2)20-15-10-11-16(14(3)19-4)17(18)12-15/h10-14,19H,5-9H2,1-4H3. The number of ether oxygens (including phenoxy) is 1. The van der Waals surface area contributed by atoms with Gasteiger partial charge >= 0.3 is 0 Å². The zero-order chi connectivity index (χ0) is 15.0. The van der Waals surface area contributed by atoms with Gasteiger partial charge in [-0.25, -0.2) is 0 Å². The van der Waals surface area contributed by atoms with E-state index < -0.39 is 0 Å². The van der Waals surface area contributed by atoms with E-state index in [4.69, 9.17) is 4.74 Å². The molecule has 0 saturated heterocycles. The highest BCUT2D eigenvalue weighted by Gasteiger charge is 2.10. The Balaban J connectivity index is 2.50. The van der Waals surface area contributed by atoms with Crippen molar-refractivity contribution in [1.29, 1.82) is 0 Å². The number of hydrogen-bond acceptors (Lipinski definition) is 2. The van der Waals surface area contributed by atoms with Gasteiger partial charge in [0.05, 0.1) is 6.10 Å². The van der Waals surface area contributed by atoms with Gasteiger partial charge in [-0.05, 0) is 51.4 Å². The van der Waals surface area contributed by atoms with Crippen molar-refractivity contribution in [2.45, 2.75) is 65.0 Å². The molecule has 0 saturated carbocycles. The Morgan fingerprint density at radius 3 is 2.55 bits per heavy atom. The SMILES string of the molecule is CCCCCCC(C)Oc1ccc(C(C)NC)c(Br)c1. The molecule has 2 unspecified atom stereocenters. The summed E-state index contributed by atoms with van der Waals surface area (Å²) in [6, 6.07) is 6.61. The van der Waals surface area contributed by atoms with Crippen molar-refractivity contribution in [2.75, 3.05) is 7.05 Å². The van der Waals surface area contributed by atoms with Gasteiger partial charge in [0.2, 0.25) is 0 Å². The molecule has 1 N–H and O–H groups in total. The van der Waals surface area contributed by atoms with E-state index in [1.807, 2.05) is 7.05 Å². The molecule has 114 valence electrons. The van der Waals surface area contributed by atoms with Crippen molar-refractivity contribution in [3.8, 4) is 5.75 Å². The Morgan fingerprint density at radius 1 is 1.20 bits per heavy atom. The van der Waals surface area contributed by atoms with Crippen molar-refractivity contribution in [1.82, 2.24) is 5.32 Å². The van der Waals surface area contributed by atoms with E-state index in [1.165, 1.54) is 31.2 Å². The topological polar surface area (TPSA) is 21.3 Å². The summed E-state index contributed by atoms with van der Waals surface area (Å²) in [5.74, 6) is 0.951. The van der Waals surface area contributed by atoms with Gasteiger partial charge < -0.3 is 10.1 Å². The van der Waals surface area contributed by atoms with Gasteiger partial charge in [0.25, 0.3) is 0 Å². The van der Waals surface area contributed by atoms with Crippen LogP contribution in [-0.4, -0.2) is 13.2 Å². The fraction of sp³-hybridized carbons (Fsp3) is 0.647. The molecule has 0 radical (unpaired) electrons. The molecule has 0 aliphatic rings. The Labute approximate surface area is 132 Å². The molecule has 0 amide bonds. The summed E-state index contributed by atoms with van der Waals surface area (Å²) in [5.41, 5.74) is 1.26. The molecule has 0 heterocycles. The number of rotatable bonds is 9. The van der Waals surface area contributed by atoms with E-state index in [0.717, 1.165) is 16.6 Å². The van der Waals surface area contributed by atoms with E-state index in [-0.39, 0.29) is 6.10 Å². The molecule has 3 heteroatoms. The van der Waals surface area contributed by atoms with Crippen LogP contribution < -0.4 is 10.1 Å². The Kier molecular flexibility index (Phi) is 8.24. The minimum atomic E-state index is 0.284. The number of nitrogens with one attached hydrogen (secondary N) is 1. The van der Waals surface area contributed by atoms with Crippen LogP contribution in [-0.2, 0) is 0 Å². The third-order valence-corrected chi connectivity index (χ3v) is 4.36. The first-order valence-electron chi connectivity index (χ1n) is 7.71. The van der Waals surface area contributed by atoms with Gasteiger partial charge in [-0.15, -0.1) is 0 Å². The lowest BCUT2D eigenvalue weighted by atomic mass is 10.1. The van der Waals surface area contributed by atoms with Crippen LogP contribution in [0.15, 0.2) is 22.7 Å². The predicted molar refractivity (Wildman–Crippen MR) is 90.5 cm³/mol. The molecule has 1 aromatic carbocycles. The minimum Gasteiger partial charge on any atom is -0.491 e. The van der Waals surface area contributed by atoms with Crippen LogP contribution in [0.1, 0.15) is 64.5 Å². The first kappa shape index (κ1) is 17.5. The molecular formula is C17H28BrNO. The summed E-state index contributed by atoms with van der Waals surface area (Å²) in [4.78, 5) is 0. The summed E-state index contributed by atoms with van der Waals surface area (Å²) in [5, 5.41) is 3.25. The first-order valence-corrected chi connectivity index (χ1v) is 8.51. The second-order valence-electron chi connectivity index (χ2n) is 5.47. The molecule has 1 rings (SSSR count). The zero-order valence-electron chi connectivity index (χ0n) is 13.2. The van der Waals surface area contributed by atoms with Gasteiger partial charge in [0.1, 0.15) is 5.75 Å². The monoisotopic (exact) mass is 341 g/mol. The Morgan fingerprint density at radius 2 is 1.95 bits per heavy atom. The lowest BCUT2D eigenvalue weighted by Gasteiger charge is -2.17. The van der Waals surface area contributed by atoms with Gasteiger partial charge in [0, 0.05) is 10.5 Å². The fourth-order valence-corrected chi connectivity index (χ4v) is 2.94. The van der Waals surface area contributed by atoms with Gasteiger partial charge in [-0.2, -0.15) is 0 Å². The lowest BCUT2D eigenvalue weighted by molar-refractivity contribution is 0.206. The van der Waals surface area contributed by atoms with E-state index in [1.54, 1.807) is 0 Å². The van der Waals surface area contributed by atoms with Crippen LogP contribution in [0.5, 0.6) is 5.75 Å². The largest absolute Gasteiger partial charge is 0.491 e. The van der Waals surface area contributed by atoms with Crippen molar-refractivity contribution in [3.05, 3.63) is 28.2 Å². The fourth-order valence-electron chi connectivity index (χ4n) is 2.24. The first-order chi connectivity index (χ1) is 9.58. The lowest BCUT2D eigenvalue weighted by Crippen LogP contribution is -2.14. The molecule has 0 bridgehead atoms. The van der Waals surface area contributed by atoms with Crippen LogP contribution >= 0.6 is 15.9 Å². The maximum absolute atomic E-state index is 5.99. The number of hydrogen-bond donors (Lipinski definition) is 1. The number of unbranched alkanes of at least 4 members (excludes halogenated alkanes) is 3. The summed E-state index contributed by atoms with van der Waals surface area (Å²) in [6.45, 7) is 6.55. The summed E-state index contributed by atoms with van der Waals surface area (Å²) < 4.78 is 7.10. The number of halogens is 1. The Bertz CT molecular complexity index is 395. The molecular weight excluding hydrogens is 314 g/mol. The maximum atomic E-state index is 5.99. The molecule has 0 aliphatic carbocycles. The van der Waals surface area contributed by atoms with Gasteiger partial charge in [0.15, 0.2) is 0 Å². The van der Waals surface area contributed by atoms with Crippen LogP contribution in [0, 0.1) is 0 Å².